The molecule has 208 valence electrons. The fourth-order valence-corrected chi connectivity index (χ4v) is 5.79. The Morgan fingerprint density at radius 3 is 2.61 bits per heavy atom. The zero-order chi connectivity index (χ0) is 28.7. The van der Waals surface area contributed by atoms with Crippen LogP contribution in [0.2, 0.25) is 0 Å². The number of benzene rings is 1. The summed E-state index contributed by atoms with van der Waals surface area (Å²) in [5.74, 6) is 0.00775. The van der Waals surface area contributed by atoms with Crippen molar-refractivity contribution in [3.63, 3.8) is 0 Å². The van der Waals surface area contributed by atoms with Crippen molar-refractivity contribution in [2.75, 3.05) is 13.7 Å². The lowest BCUT2D eigenvalue weighted by atomic mass is 10.0. The second kappa shape index (κ2) is 10.4. The van der Waals surface area contributed by atoms with Crippen molar-refractivity contribution >= 4 is 34.4 Å². The van der Waals surface area contributed by atoms with E-state index in [4.69, 9.17) is 4.74 Å². The van der Waals surface area contributed by atoms with Crippen LogP contribution >= 0.6 is 11.3 Å². The standard InChI is InChI=1S/C29H23F3N6O2S/c1-37-24(17-6-4-3-5-7-17)20(23-27(37)33-16-34-28(23)40-2)8-9-22(39)38-12-10-19-21(14-38)35-26(18-11-13-41-15-18)36-25(19)29(30,31)32/h3-9,11,13,15-16H,10,12,14H2,1-2H3/b9-8+. The SMILES string of the molecule is COc1ncnc2c1c(/C=C/C(=O)N1CCc3c(nc(-c4ccsc4)nc3C(F)(F)F)C1)c(-c1ccccc1)n2C. The number of rotatable bonds is 5. The molecule has 0 bridgehead atoms. The van der Waals surface area contributed by atoms with Crippen molar-refractivity contribution in [2.45, 2.75) is 19.1 Å². The first-order valence-corrected chi connectivity index (χ1v) is 13.6. The topological polar surface area (TPSA) is 86.0 Å². The molecular weight excluding hydrogens is 553 g/mol. The Kier molecular flexibility index (Phi) is 6.78. The molecule has 1 aromatic carbocycles. The van der Waals surface area contributed by atoms with E-state index in [1.54, 1.807) is 22.9 Å². The Balaban J connectivity index is 1.37. The van der Waals surface area contributed by atoms with Crippen LogP contribution in [0.1, 0.15) is 22.5 Å². The Bertz CT molecular complexity index is 1780. The number of carbonyl (C=O) groups is 1. The van der Waals surface area contributed by atoms with Crippen LogP contribution in [0.4, 0.5) is 13.2 Å². The van der Waals surface area contributed by atoms with E-state index in [-0.39, 0.29) is 42.5 Å². The molecule has 0 aliphatic carbocycles. The summed E-state index contributed by atoms with van der Waals surface area (Å²) in [5.41, 5.74) is 2.85. The molecule has 1 aliphatic heterocycles. The van der Waals surface area contributed by atoms with E-state index in [1.165, 1.54) is 35.7 Å². The fraction of sp³-hybridized carbons (Fsp3) is 0.207. The van der Waals surface area contributed by atoms with Crippen LogP contribution < -0.4 is 4.74 Å². The van der Waals surface area contributed by atoms with Crippen molar-refractivity contribution in [2.24, 2.45) is 7.05 Å². The largest absolute Gasteiger partial charge is 0.480 e. The van der Waals surface area contributed by atoms with Crippen molar-refractivity contribution in [3.05, 3.63) is 82.1 Å². The zero-order valence-electron chi connectivity index (χ0n) is 22.0. The molecule has 0 fully saturated rings. The van der Waals surface area contributed by atoms with E-state index in [0.29, 0.717) is 28.0 Å². The van der Waals surface area contributed by atoms with Gasteiger partial charge >= 0.3 is 6.18 Å². The number of thiophene rings is 1. The van der Waals surface area contributed by atoms with Crippen LogP contribution in [0, 0.1) is 0 Å². The normalized spacial score (nSPS) is 13.6. The predicted octanol–water partition coefficient (Wildman–Crippen LogP) is 5.78. The molecule has 0 saturated carbocycles. The number of aromatic nitrogens is 5. The monoisotopic (exact) mass is 576 g/mol. The summed E-state index contributed by atoms with van der Waals surface area (Å²) in [7, 11) is 3.39. The molecule has 0 saturated heterocycles. The van der Waals surface area contributed by atoms with Gasteiger partial charge < -0.3 is 14.2 Å². The Morgan fingerprint density at radius 1 is 1.10 bits per heavy atom. The quantitative estimate of drug-likeness (QED) is 0.247. The number of halogens is 3. The molecule has 0 spiro atoms. The number of fused-ring (bicyclic) bond motifs is 2. The molecule has 6 rings (SSSR count). The van der Waals surface area contributed by atoms with E-state index >= 15 is 0 Å². The molecule has 1 aliphatic rings. The highest BCUT2D eigenvalue weighted by atomic mass is 32.1. The molecule has 5 aromatic rings. The van der Waals surface area contributed by atoms with Gasteiger partial charge in [-0.2, -0.15) is 24.5 Å². The summed E-state index contributed by atoms with van der Waals surface area (Å²) in [6, 6.07) is 11.3. The minimum Gasteiger partial charge on any atom is -0.480 e. The third-order valence-corrected chi connectivity index (χ3v) is 7.71. The van der Waals surface area contributed by atoms with Gasteiger partial charge in [0.2, 0.25) is 11.8 Å². The smallest absolute Gasteiger partial charge is 0.433 e. The molecule has 0 unspecified atom stereocenters. The molecular formula is C29H23F3N6O2S. The number of hydrogen-bond donors (Lipinski definition) is 0. The molecule has 0 N–H and O–H groups in total. The van der Waals surface area contributed by atoms with Crippen LogP contribution in [-0.4, -0.2) is 49.0 Å². The second-order valence-electron chi connectivity index (χ2n) is 9.44. The Hall–Kier alpha value is -4.58. The third kappa shape index (κ3) is 4.84. The lowest BCUT2D eigenvalue weighted by Gasteiger charge is -2.29. The van der Waals surface area contributed by atoms with Crippen molar-refractivity contribution in [3.8, 4) is 28.5 Å². The van der Waals surface area contributed by atoms with Gasteiger partial charge in [-0.15, -0.1) is 0 Å². The third-order valence-electron chi connectivity index (χ3n) is 7.03. The van der Waals surface area contributed by atoms with Gasteiger partial charge in [-0.05, 0) is 29.5 Å². The highest BCUT2D eigenvalue weighted by Crippen LogP contribution is 2.38. The van der Waals surface area contributed by atoms with Crippen LogP contribution in [0.15, 0.2) is 59.6 Å². The Labute approximate surface area is 236 Å². The van der Waals surface area contributed by atoms with Crippen LogP contribution in [0.25, 0.3) is 39.8 Å². The summed E-state index contributed by atoms with van der Waals surface area (Å²) in [5, 5.41) is 4.10. The summed E-state index contributed by atoms with van der Waals surface area (Å²) in [4.78, 5) is 31.9. The number of nitrogens with zero attached hydrogens (tertiary/aromatic N) is 6. The van der Waals surface area contributed by atoms with Crippen LogP contribution in [0.3, 0.4) is 0 Å². The number of amides is 1. The number of carbonyl (C=O) groups excluding carboxylic acids is 1. The van der Waals surface area contributed by atoms with E-state index in [1.807, 2.05) is 41.9 Å². The predicted molar refractivity (Wildman–Crippen MR) is 149 cm³/mol. The summed E-state index contributed by atoms with van der Waals surface area (Å²) in [6.45, 7) is 0.0443. The average molecular weight is 577 g/mol. The summed E-state index contributed by atoms with van der Waals surface area (Å²) < 4.78 is 49.2. The number of hydrogen-bond acceptors (Lipinski definition) is 7. The zero-order valence-corrected chi connectivity index (χ0v) is 22.8. The maximum Gasteiger partial charge on any atom is 0.433 e. The van der Waals surface area contributed by atoms with Crippen molar-refractivity contribution in [1.82, 2.24) is 29.4 Å². The van der Waals surface area contributed by atoms with Crippen molar-refractivity contribution < 1.29 is 22.7 Å². The molecule has 4 aromatic heterocycles. The number of alkyl halides is 3. The van der Waals surface area contributed by atoms with Gasteiger partial charge in [0.15, 0.2) is 11.5 Å². The summed E-state index contributed by atoms with van der Waals surface area (Å²) in [6.07, 6.45) is -0.107. The van der Waals surface area contributed by atoms with Gasteiger partial charge in [-0.25, -0.2) is 19.9 Å². The average Bonchev–Trinajstić information content (AvgIpc) is 3.62. The number of aryl methyl sites for hydroxylation is 1. The lowest BCUT2D eigenvalue weighted by molar-refractivity contribution is -0.142. The minimum atomic E-state index is -4.63. The van der Waals surface area contributed by atoms with Gasteiger partial charge in [0.05, 0.1) is 30.4 Å². The molecule has 12 heteroatoms. The van der Waals surface area contributed by atoms with E-state index < -0.39 is 11.9 Å². The maximum atomic E-state index is 13.9. The number of methoxy groups -OCH3 is 1. The number of ether oxygens (including phenoxy) is 1. The molecule has 41 heavy (non-hydrogen) atoms. The van der Waals surface area contributed by atoms with Gasteiger partial charge in [-0.1, -0.05) is 30.3 Å². The van der Waals surface area contributed by atoms with Gasteiger partial charge in [-0.3, -0.25) is 4.79 Å². The molecule has 0 radical (unpaired) electrons. The highest BCUT2D eigenvalue weighted by molar-refractivity contribution is 7.08. The first-order valence-electron chi connectivity index (χ1n) is 12.7. The fourth-order valence-electron chi connectivity index (χ4n) is 5.15. The highest BCUT2D eigenvalue weighted by Gasteiger charge is 2.39. The van der Waals surface area contributed by atoms with E-state index in [2.05, 4.69) is 19.9 Å². The maximum absolute atomic E-state index is 13.9. The minimum absolute atomic E-state index is 0.00112. The van der Waals surface area contributed by atoms with Gasteiger partial charge in [0.25, 0.3) is 0 Å². The van der Waals surface area contributed by atoms with E-state index in [9.17, 15) is 18.0 Å². The van der Waals surface area contributed by atoms with Gasteiger partial charge in [0.1, 0.15) is 12.0 Å². The van der Waals surface area contributed by atoms with E-state index in [0.717, 1.165) is 11.3 Å². The van der Waals surface area contributed by atoms with Crippen molar-refractivity contribution in [1.29, 1.82) is 0 Å². The van der Waals surface area contributed by atoms with Gasteiger partial charge in [0, 0.05) is 41.7 Å². The molecule has 0 atom stereocenters. The first kappa shape index (κ1) is 26.6. The lowest BCUT2D eigenvalue weighted by Crippen LogP contribution is -2.37. The molecule has 1 amide bonds. The first-order chi connectivity index (χ1) is 19.8. The molecule has 8 nitrogen and oxygen atoms in total. The summed E-state index contributed by atoms with van der Waals surface area (Å²) >= 11 is 1.35. The van der Waals surface area contributed by atoms with Crippen LogP contribution in [-0.2, 0) is 31.0 Å². The Morgan fingerprint density at radius 2 is 1.90 bits per heavy atom. The van der Waals surface area contributed by atoms with Crippen LogP contribution in [0.5, 0.6) is 5.88 Å². The molecule has 5 heterocycles. The second-order valence-corrected chi connectivity index (χ2v) is 10.2.